The van der Waals surface area contributed by atoms with Crippen molar-refractivity contribution in [2.75, 3.05) is 25.5 Å². The SMILES string of the molecule is CN=C(NCCCCNc1ccccn1)NCc1coc(-c2ccc(C)cc2)n1.I. The fourth-order valence-electron chi connectivity index (χ4n) is 2.75. The molecular formula is C22H29IN6O. The molecule has 1 aromatic carbocycles. The van der Waals surface area contributed by atoms with Crippen LogP contribution in [-0.4, -0.2) is 36.1 Å². The largest absolute Gasteiger partial charge is 0.444 e. The molecule has 0 aliphatic heterocycles. The molecule has 3 aromatic rings. The van der Waals surface area contributed by atoms with E-state index in [0.29, 0.717) is 12.4 Å². The first-order chi connectivity index (χ1) is 14.2. The Hall–Kier alpha value is -2.62. The molecular weight excluding hydrogens is 491 g/mol. The van der Waals surface area contributed by atoms with Gasteiger partial charge in [-0.05, 0) is 44.0 Å². The Morgan fingerprint density at radius 1 is 1.03 bits per heavy atom. The molecule has 0 fully saturated rings. The fourth-order valence-corrected chi connectivity index (χ4v) is 2.75. The summed E-state index contributed by atoms with van der Waals surface area (Å²) in [5, 5.41) is 9.90. The molecule has 0 bridgehead atoms. The van der Waals surface area contributed by atoms with Crippen LogP contribution in [0, 0.1) is 6.92 Å². The van der Waals surface area contributed by atoms with Crippen LogP contribution in [-0.2, 0) is 6.54 Å². The van der Waals surface area contributed by atoms with Gasteiger partial charge in [-0.2, -0.15) is 0 Å². The normalized spacial score (nSPS) is 10.9. The predicted octanol–water partition coefficient (Wildman–Crippen LogP) is 4.22. The molecule has 2 aromatic heterocycles. The van der Waals surface area contributed by atoms with Crippen molar-refractivity contribution in [3.05, 3.63) is 66.2 Å². The van der Waals surface area contributed by atoms with Gasteiger partial charge in [-0.15, -0.1) is 24.0 Å². The van der Waals surface area contributed by atoms with Crippen molar-refractivity contribution in [3.8, 4) is 11.5 Å². The van der Waals surface area contributed by atoms with Gasteiger partial charge in [-0.25, -0.2) is 9.97 Å². The summed E-state index contributed by atoms with van der Waals surface area (Å²) < 4.78 is 5.59. The molecule has 0 saturated carbocycles. The maximum Gasteiger partial charge on any atom is 0.226 e. The average Bonchev–Trinajstić information content (AvgIpc) is 3.23. The van der Waals surface area contributed by atoms with Crippen LogP contribution < -0.4 is 16.0 Å². The lowest BCUT2D eigenvalue weighted by Crippen LogP contribution is -2.37. The molecule has 0 aliphatic carbocycles. The number of aliphatic imine (C=N–C) groups is 1. The Kier molecular flexibility index (Phi) is 10.1. The molecule has 3 rings (SSSR count). The van der Waals surface area contributed by atoms with E-state index in [1.165, 1.54) is 5.56 Å². The van der Waals surface area contributed by atoms with Crippen LogP contribution in [0.5, 0.6) is 0 Å². The number of nitrogens with one attached hydrogen (secondary N) is 3. The zero-order chi connectivity index (χ0) is 20.3. The average molecular weight is 520 g/mol. The third-order valence-electron chi connectivity index (χ3n) is 4.38. The maximum atomic E-state index is 5.59. The lowest BCUT2D eigenvalue weighted by atomic mass is 10.1. The van der Waals surface area contributed by atoms with E-state index < -0.39 is 0 Å². The summed E-state index contributed by atoms with van der Waals surface area (Å²) in [7, 11) is 1.76. The Bertz CT molecular complexity index is 896. The molecule has 160 valence electrons. The van der Waals surface area contributed by atoms with E-state index in [1.54, 1.807) is 19.5 Å². The first kappa shape index (κ1) is 23.7. The van der Waals surface area contributed by atoms with Crippen molar-refractivity contribution < 1.29 is 4.42 Å². The summed E-state index contributed by atoms with van der Waals surface area (Å²) in [6, 6.07) is 14.0. The van der Waals surface area contributed by atoms with E-state index in [9.17, 15) is 0 Å². The predicted molar refractivity (Wildman–Crippen MR) is 132 cm³/mol. The van der Waals surface area contributed by atoms with Gasteiger partial charge in [0.05, 0.1) is 12.2 Å². The van der Waals surface area contributed by atoms with Crippen molar-refractivity contribution in [3.63, 3.8) is 0 Å². The quantitative estimate of drug-likeness (QED) is 0.170. The highest BCUT2D eigenvalue weighted by atomic mass is 127. The van der Waals surface area contributed by atoms with E-state index in [0.717, 1.165) is 49.0 Å². The molecule has 0 saturated heterocycles. The number of guanidine groups is 1. The number of hydrogen-bond acceptors (Lipinski definition) is 5. The number of aromatic nitrogens is 2. The Morgan fingerprint density at radius 2 is 1.83 bits per heavy atom. The van der Waals surface area contributed by atoms with Crippen LogP contribution in [0.15, 0.2) is 64.3 Å². The fraction of sp³-hybridized carbons (Fsp3) is 0.318. The van der Waals surface area contributed by atoms with E-state index >= 15 is 0 Å². The van der Waals surface area contributed by atoms with Crippen LogP contribution in [0.25, 0.3) is 11.5 Å². The maximum absolute atomic E-state index is 5.59. The van der Waals surface area contributed by atoms with Gasteiger partial charge >= 0.3 is 0 Å². The molecule has 8 heteroatoms. The van der Waals surface area contributed by atoms with Gasteiger partial charge in [0, 0.05) is 31.9 Å². The number of benzene rings is 1. The number of halogens is 1. The molecule has 3 N–H and O–H groups in total. The highest BCUT2D eigenvalue weighted by Gasteiger charge is 2.07. The molecule has 0 amide bonds. The van der Waals surface area contributed by atoms with Crippen LogP contribution in [0.3, 0.4) is 0 Å². The minimum absolute atomic E-state index is 0. The molecule has 7 nitrogen and oxygen atoms in total. The summed E-state index contributed by atoms with van der Waals surface area (Å²) in [5.41, 5.74) is 3.02. The Morgan fingerprint density at radius 3 is 2.57 bits per heavy atom. The summed E-state index contributed by atoms with van der Waals surface area (Å²) in [6.07, 6.45) is 5.54. The van der Waals surface area contributed by atoms with Crippen molar-refractivity contribution in [1.82, 2.24) is 20.6 Å². The number of oxazole rings is 1. The molecule has 0 radical (unpaired) electrons. The number of aryl methyl sites for hydroxylation is 1. The van der Waals surface area contributed by atoms with E-state index in [2.05, 4.69) is 50.0 Å². The molecule has 0 spiro atoms. The first-order valence-electron chi connectivity index (χ1n) is 9.85. The summed E-state index contributed by atoms with van der Waals surface area (Å²) in [6.45, 7) is 4.35. The second-order valence-corrected chi connectivity index (χ2v) is 6.71. The third kappa shape index (κ3) is 7.66. The smallest absolute Gasteiger partial charge is 0.226 e. The number of nitrogens with zero attached hydrogens (tertiary/aromatic N) is 3. The molecule has 30 heavy (non-hydrogen) atoms. The highest BCUT2D eigenvalue weighted by Crippen LogP contribution is 2.18. The van der Waals surface area contributed by atoms with Crippen LogP contribution in [0.1, 0.15) is 24.1 Å². The monoisotopic (exact) mass is 520 g/mol. The summed E-state index contributed by atoms with van der Waals surface area (Å²) in [4.78, 5) is 13.0. The Labute approximate surface area is 194 Å². The second kappa shape index (κ2) is 12.8. The summed E-state index contributed by atoms with van der Waals surface area (Å²) in [5.74, 6) is 2.29. The van der Waals surface area contributed by atoms with E-state index in [4.69, 9.17) is 4.42 Å². The van der Waals surface area contributed by atoms with Gasteiger partial charge in [0.25, 0.3) is 0 Å². The molecule has 0 aliphatic rings. The minimum Gasteiger partial charge on any atom is -0.444 e. The van der Waals surface area contributed by atoms with Crippen molar-refractivity contribution in [2.24, 2.45) is 4.99 Å². The van der Waals surface area contributed by atoms with Gasteiger partial charge in [0.15, 0.2) is 5.96 Å². The van der Waals surface area contributed by atoms with Gasteiger partial charge in [0.1, 0.15) is 12.1 Å². The zero-order valence-electron chi connectivity index (χ0n) is 17.4. The van der Waals surface area contributed by atoms with Crippen LogP contribution >= 0.6 is 24.0 Å². The van der Waals surface area contributed by atoms with Crippen LogP contribution in [0.2, 0.25) is 0 Å². The van der Waals surface area contributed by atoms with Gasteiger partial charge in [-0.3, -0.25) is 4.99 Å². The van der Waals surface area contributed by atoms with E-state index in [-0.39, 0.29) is 24.0 Å². The summed E-state index contributed by atoms with van der Waals surface area (Å²) >= 11 is 0. The zero-order valence-corrected chi connectivity index (χ0v) is 19.7. The number of rotatable bonds is 9. The van der Waals surface area contributed by atoms with E-state index in [1.807, 2.05) is 30.3 Å². The molecule has 2 heterocycles. The molecule has 0 atom stereocenters. The van der Waals surface area contributed by atoms with Gasteiger partial charge in [0.2, 0.25) is 5.89 Å². The van der Waals surface area contributed by atoms with Crippen molar-refractivity contribution >= 4 is 35.8 Å². The van der Waals surface area contributed by atoms with Crippen LogP contribution in [0.4, 0.5) is 5.82 Å². The number of anilines is 1. The minimum atomic E-state index is 0. The lowest BCUT2D eigenvalue weighted by molar-refractivity contribution is 0.572. The van der Waals surface area contributed by atoms with Crippen molar-refractivity contribution in [1.29, 1.82) is 0 Å². The number of hydrogen-bond donors (Lipinski definition) is 3. The highest BCUT2D eigenvalue weighted by molar-refractivity contribution is 14.0. The lowest BCUT2D eigenvalue weighted by Gasteiger charge is -2.11. The number of unbranched alkanes of at least 4 members (excludes halogenated alkanes) is 1. The third-order valence-corrected chi connectivity index (χ3v) is 4.38. The standard InChI is InChI=1S/C22H28N6O.HI/c1-17-8-10-18(11-9-17)21-28-19(16-29-21)15-27-22(23-2)26-14-6-5-13-25-20-7-3-4-12-24-20;/h3-4,7-12,16H,5-6,13-15H2,1-2H3,(H,24,25)(H2,23,26,27);1H. The topological polar surface area (TPSA) is 87.4 Å². The second-order valence-electron chi connectivity index (χ2n) is 6.71. The Balaban J connectivity index is 0.00000320. The van der Waals surface area contributed by atoms with Gasteiger partial charge < -0.3 is 20.4 Å². The first-order valence-corrected chi connectivity index (χ1v) is 9.85. The van der Waals surface area contributed by atoms with Crippen molar-refractivity contribution in [2.45, 2.75) is 26.3 Å². The van der Waals surface area contributed by atoms with Gasteiger partial charge in [-0.1, -0.05) is 23.8 Å². The molecule has 0 unspecified atom stereocenters. The number of pyridine rings is 1.